The molecule has 0 saturated heterocycles. The van der Waals surface area contributed by atoms with Crippen molar-refractivity contribution in [3.05, 3.63) is 11.8 Å². The summed E-state index contributed by atoms with van der Waals surface area (Å²) < 4.78 is 4.22. The minimum Gasteiger partial charge on any atom is -0.466 e. The van der Waals surface area contributed by atoms with Crippen LogP contribution >= 0.6 is 0 Å². The summed E-state index contributed by atoms with van der Waals surface area (Å²) in [6.07, 6.45) is 1.03. The van der Waals surface area contributed by atoms with Crippen molar-refractivity contribution < 1.29 is 14.6 Å². The fourth-order valence-electron chi connectivity index (χ4n) is 0.256. The molecule has 0 spiro atoms. The molecule has 9 heavy (non-hydrogen) atoms. The normalized spacial score (nSPS) is 11.1. The molecule has 4 heteroatoms. The van der Waals surface area contributed by atoms with E-state index in [1.54, 1.807) is 0 Å². The van der Waals surface area contributed by atoms with Gasteiger partial charge < -0.3 is 15.6 Å². The quantitative estimate of drug-likeness (QED) is 0.372. The van der Waals surface area contributed by atoms with E-state index >= 15 is 0 Å². The number of esters is 1. The Morgan fingerprint density at radius 1 is 1.89 bits per heavy atom. The summed E-state index contributed by atoms with van der Waals surface area (Å²) in [6, 6.07) is 0. The van der Waals surface area contributed by atoms with Crippen LogP contribution in [0.2, 0.25) is 0 Å². The Balaban J connectivity index is 3.79. The SMILES string of the molecule is COC(=O)C=C(N)CO. The first-order valence-electron chi connectivity index (χ1n) is 2.35. The van der Waals surface area contributed by atoms with E-state index in [0.717, 1.165) is 6.08 Å². The molecular formula is C5H9NO3. The lowest BCUT2D eigenvalue weighted by atomic mass is 10.4. The van der Waals surface area contributed by atoms with Crippen molar-refractivity contribution in [2.24, 2.45) is 5.73 Å². The van der Waals surface area contributed by atoms with Gasteiger partial charge in [0.1, 0.15) is 0 Å². The predicted molar refractivity (Wildman–Crippen MR) is 31.4 cm³/mol. The van der Waals surface area contributed by atoms with Gasteiger partial charge in [0.25, 0.3) is 0 Å². The number of aliphatic hydroxyl groups excluding tert-OH is 1. The Bertz CT molecular complexity index is 130. The van der Waals surface area contributed by atoms with E-state index in [2.05, 4.69) is 4.74 Å². The first-order chi connectivity index (χ1) is 4.20. The molecule has 4 nitrogen and oxygen atoms in total. The van der Waals surface area contributed by atoms with Crippen LogP contribution in [0.1, 0.15) is 0 Å². The number of ether oxygens (including phenoxy) is 1. The van der Waals surface area contributed by atoms with Crippen molar-refractivity contribution >= 4 is 5.97 Å². The fraction of sp³-hybridized carbons (Fsp3) is 0.400. The summed E-state index contributed by atoms with van der Waals surface area (Å²) >= 11 is 0. The maximum absolute atomic E-state index is 10.3. The van der Waals surface area contributed by atoms with Crippen LogP contribution in [0, 0.1) is 0 Å². The van der Waals surface area contributed by atoms with E-state index in [1.165, 1.54) is 7.11 Å². The van der Waals surface area contributed by atoms with Gasteiger partial charge in [0.2, 0.25) is 0 Å². The summed E-state index contributed by atoms with van der Waals surface area (Å²) in [5.74, 6) is -0.554. The maximum Gasteiger partial charge on any atom is 0.332 e. The summed E-state index contributed by atoms with van der Waals surface area (Å²) in [5, 5.41) is 8.28. The second kappa shape index (κ2) is 3.91. The highest BCUT2D eigenvalue weighted by Gasteiger charge is 1.93. The number of hydrogen-bond donors (Lipinski definition) is 2. The lowest BCUT2D eigenvalue weighted by Gasteiger charge is -1.92. The summed E-state index contributed by atoms with van der Waals surface area (Å²) in [4.78, 5) is 10.3. The van der Waals surface area contributed by atoms with E-state index in [-0.39, 0.29) is 12.3 Å². The number of nitrogens with two attached hydrogens (primary N) is 1. The van der Waals surface area contributed by atoms with Gasteiger partial charge in [0.05, 0.1) is 13.7 Å². The fourth-order valence-corrected chi connectivity index (χ4v) is 0.256. The highest BCUT2D eigenvalue weighted by molar-refractivity contribution is 5.82. The lowest BCUT2D eigenvalue weighted by molar-refractivity contribution is -0.134. The van der Waals surface area contributed by atoms with Crippen LogP contribution in [0.4, 0.5) is 0 Å². The molecule has 52 valence electrons. The number of methoxy groups -OCH3 is 1. The minimum atomic E-state index is -0.554. The van der Waals surface area contributed by atoms with Crippen LogP contribution in [0.3, 0.4) is 0 Å². The first-order valence-corrected chi connectivity index (χ1v) is 2.35. The number of hydrogen-bond acceptors (Lipinski definition) is 4. The molecule has 0 rings (SSSR count). The molecule has 0 aliphatic rings. The molecule has 0 aromatic heterocycles. The van der Waals surface area contributed by atoms with Gasteiger partial charge in [-0.05, 0) is 0 Å². The van der Waals surface area contributed by atoms with Crippen LogP contribution in [0.5, 0.6) is 0 Å². The molecule has 0 fully saturated rings. The third-order valence-corrected chi connectivity index (χ3v) is 0.687. The van der Waals surface area contributed by atoms with Crippen molar-refractivity contribution in [1.29, 1.82) is 0 Å². The highest BCUT2D eigenvalue weighted by atomic mass is 16.5. The lowest BCUT2D eigenvalue weighted by Crippen LogP contribution is -2.06. The van der Waals surface area contributed by atoms with Gasteiger partial charge in [-0.15, -0.1) is 0 Å². The molecule has 0 aromatic carbocycles. The van der Waals surface area contributed by atoms with Crippen molar-refractivity contribution in [3.63, 3.8) is 0 Å². The monoisotopic (exact) mass is 131 g/mol. The average molecular weight is 131 g/mol. The van der Waals surface area contributed by atoms with Crippen molar-refractivity contribution in [2.45, 2.75) is 0 Å². The standard InChI is InChI=1S/C5H9NO3/c1-9-5(8)2-4(6)3-7/h2,7H,3,6H2,1H3. The minimum absolute atomic E-state index is 0.0989. The molecular weight excluding hydrogens is 122 g/mol. The van der Waals surface area contributed by atoms with Gasteiger partial charge in [-0.1, -0.05) is 0 Å². The second-order valence-electron chi connectivity index (χ2n) is 1.40. The van der Waals surface area contributed by atoms with Crippen LogP contribution in [0.15, 0.2) is 11.8 Å². The third-order valence-electron chi connectivity index (χ3n) is 0.687. The van der Waals surface area contributed by atoms with E-state index in [4.69, 9.17) is 10.8 Å². The van der Waals surface area contributed by atoms with E-state index in [9.17, 15) is 4.79 Å². The largest absolute Gasteiger partial charge is 0.466 e. The topological polar surface area (TPSA) is 72.5 Å². The number of rotatable bonds is 2. The molecule has 0 aliphatic heterocycles. The van der Waals surface area contributed by atoms with Gasteiger partial charge in [-0.25, -0.2) is 4.79 Å². The Hall–Kier alpha value is -1.03. The molecule has 0 atom stereocenters. The Kier molecular flexibility index (Phi) is 3.46. The van der Waals surface area contributed by atoms with Crippen LogP contribution in [-0.2, 0) is 9.53 Å². The summed E-state index contributed by atoms with van der Waals surface area (Å²) in [5.41, 5.74) is 5.16. The van der Waals surface area contributed by atoms with Crippen LogP contribution in [0.25, 0.3) is 0 Å². The van der Waals surface area contributed by atoms with Gasteiger partial charge in [0, 0.05) is 11.8 Å². The molecule has 0 saturated carbocycles. The van der Waals surface area contributed by atoms with Crippen LogP contribution < -0.4 is 5.73 Å². The van der Waals surface area contributed by atoms with E-state index < -0.39 is 5.97 Å². The number of aliphatic hydroxyl groups is 1. The summed E-state index contributed by atoms with van der Waals surface area (Å²) in [7, 11) is 1.24. The van der Waals surface area contributed by atoms with Gasteiger partial charge >= 0.3 is 5.97 Å². The molecule has 0 heterocycles. The van der Waals surface area contributed by atoms with Gasteiger partial charge in [-0.2, -0.15) is 0 Å². The molecule has 0 bridgehead atoms. The molecule has 0 aromatic rings. The average Bonchev–Trinajstić information content (AvgIpc) is 1.87. The van der Waals surface area contributed by atoms with Crippen molar-refractivity contribution in [2.75, 3.05) is 13.7 Å². The predicted octanol–water partition coefficient (Wildman–Crippen LogP) is -1.01. The van der Waals surface area contributed by atoms with Crippen molar-refractivity contribution in [1.82, 2.24) is 0 Å². The third kappa shape index (κ3) is 3.54. The Labute approximate surface area is 52.9 Å². The molecule has 0 aliphatic carbocycles. The van der Waals surface area contributed by atoms with Gasteiger partial charge in [-0.3, -0.25) is 0 Å². The first kappa shape index (κ1) is 7.97. The summed E-state index contributed by atoms with van der Waals surface area (Å²) in [6.45, 7) is -0.324. The zero-order valence-corrected chi connectivity index (χ0v) is 5.13. The Morgan fingerprint density at radius 3 is 2.78 bits per heavy atom. The second-order valence-corrected chi connectivity index (χ2v) is 1.40. The highest BCUT2D eigenvalue weighted by Crippen LogP contribution is 1.82. The molecule has 0 radical (unpaired) electrons. The Morgan fingerprint density at radius 2 is 2.44 bits per heavy atom. The zero-order valence-electron chi connectivity index (χ0n) is 5.13. The molecule has 0 unspecified atom stereocenters. The maximum atomic E-state index is 10.3. The molecule has 0 amide bonds. The zero-order chi connectivity index (χ0) is 7.28. The smallest absolute Gasteiger partial charge is 0.332 e. The van der Waals surface area contributed by atoms with Crippen molar-refractivity contribution in [3.8, 4) is 0 Å². The van der Waals surface area contributed by atoms with E-state index in [0.29, 0.717) is 0 Å². The molecule has 3 N–H and O–H groups in total. The number of carbonyl (C=O) groups excluding carboxylic acids is 1. The van der Waals surface area contributed by atoms with Gasteiger partial charge in [0.15, 0.2) is 0 Å². The van der Waals surface area contributed by atoms with E-state index in [1.807, 2.05) is 0 Å². The number of carbonyl (C=O) groups is 1. The van der Waals surface area contributed by atoms with Crippen LogP contribution in [-0.4, -0.2) is 24.8 Å².